The van der Waals surface area contributed by atoms with E-state index in [9.17, 15) is 22.7 Å². The summed E-state index contributed by atoms with van der Waals surface area (Å²) in [6.07, 6.45) is -0.397. The highest BCUT2D eigenvalue weighted by atomic mass is 32.2. The van der Waals surface area contributed by atoms with Crippen molar-refractivity contribution in [3.8, 4) is 17.1 Å². The van der Waals surface area contributed by atoms with Crippen molar-refractivity contribution in [2.45, 2.75) is 32.0 Å². The highest BCUT2D eigenvalue weighted by molar-refractivity contribution is 7.91. The summed E-state index contributed by atoms with van der Waals surface area (Å²) in [5.41, 5.74) is 1.31. The summed E-state index contributed by atoms with van der Waals surface area (Å²) in [4.78, 5) is 13.3. The number of nitrogens with zero attached hydrogens (tertiary/aromatic N) is 1. The van der Waals surface area contributed by atoms with Crippen LogP contribution in [0.4, 0.5) is 4.39 Å². The third kappa shape index (κ3) is 6.78. The van der Waals surface area contributed by atoms with Crippen LogP contribution in [0.15, 0.2) is 65.1 Å². The van der Waals surface area contributed by atoms with Crippen LogP contribution in [0.3, 0.4) is 0 Å². The molecule has 0 bridgehead atoms. The van der Waals surface area contributed by atoms with E-state index in [0.29, 0.717) is 35.8 Å². The number of ketones is 1. The molecule has 2 atom stereocenters. The SMILES string of the molecule is CC(=O)c1ccc(OCC(O)CN(Cc2ccc(-c3ccc(F)cc3)o2)C2CCS(=O)(=O)C2)cc1. The summed E-state index contributed by atoms with van der Waals surface area (Å²) < 4.78 is 49.0. The monoisotopic (exact) mass is 501 g/mol. The largest absolute Gasteiger partial charge is 0.491 e. The van der Waals surface area contributed by atoms with Crippen LogP contribution in [0.2, 0.25) is 0 Å². The van der Waals surface area contributed by atoms with Gasteiger partial charge in [-0.3, -0.25) is 9.69 Å². The maximum atomic E-state index is 13.2. The summed E-state index contributed by atoms with van der Waals surface area (Å²) in [6.45, 7) is 2.00. The molecule has 2 heterocycles. The fraction of sp³-hybridized carbons (Fsp3) is 0.346. The number of furan rings is 1. The average molecular weight is 502 g/mol. The van der Waals surface area contributed by atoms with Crippen LogP contribution in [0.25, 0.3) is 11.3 Å². The zero-order valence-electron chi connectivity index (χ0n) is 19.4. The number of benzene rings is 2. The Kier molecular flexibility index (Phi) is 7.69. The molecule has 1 aliphatic heterocycles. The first-order valence-corrected chi connectivity index (χ1v) is 13.2. The lowest BCUT2D eigenvalue weighted by molar-refractivity contribution is 0.0498. The number of hydrogen-bond acceptors (Lipinski definition) is 7. The molecule has 1 fully saturated rings. The maximum absolute atomic E-state index is 13.2. The maximum Gasteiger partial charge on any atom is 0.159 e. The fourth-order valence-corrected chi connectivity index (χ4v) is 5.90. The van der Waals surface area contributed by atoms with Gasteiger partial charge in [0.1, 0.15) is 35.8 Å². The molecule has 3 aromatic rings. The summed E-state index contributed by atoms with van der Waals surface area (Å²) in [7, 11) is -3.13. The van der Waals surface area contributed by atoms with E-state index in [2.05, 4.69) is 0 Å². The number of Topliss-reactive ketones (excluding diaryl/α,β-unsaturated/α-hetero) is 1. The normalized spacial score (nSPS) is 18.0. The fourth-order valence-electron chi connectivity index (χ4n) is 4.14. The van der Waals surface area contributed by atoms with Gasteiger partial charge < -0.3 is 14.3 Å². The van der Waals surface area contributed by atoms with E-state index in [1.54, 1.807) is 48.5 Å². The Morgan fingerprint density at radius 1 is 1.14 bits per heavy atom. The van der Waals surface area contributed by atoms with Crippen LogP contribution in [0, 0.1) is 5.82 Å². The van der Waals surface area contributed by atoms with Gasteiger partial charge in [-0.25, -0.2) is 12.8 Å². The summed E-state index contributed by atoms with van der Waals surface area (Å²) in [5.74, 6) is 1.48. The second-order valence-corrected chi connectivity index (χ2v) is 11.0. The molecule has 0 aliphatic carbocycles. The molecule has 1 N–H and O–H groups in total. The third-order valence-corrected chi connectivity index (χ3v) is 7.77. The molecule has 0 amide bonds. The molecule has 0 saturated carbocycles. The van der Waals surface area contributed by atoms with Crippen molar-refractivity contribution in [3.63, 3.8) is 0 Å². The smallest absolute Gasteiger partial charge is 0.159 e. The van der Waals surface area contributed by atoms with Crippen LogP contribution < -0.4 is 4.74 Å². The molecule has 2 unspecified atom stereocenters. The van der Waals surface area contributed by atoms with Crippen LogP contribution in [-0.2, 0) is 16.4 Å². The van der Waals surface area contributed by atoms with Gasteiger partial charge in [-0.05, 0) is 74.0 Å². The van der Waals surface area contributed by atoms with Crippen molar-refractivity contribution in [2.75, 3.05) is 24.7 Å². The molecule has 0 radical (unpaired) electrons. The molecule has 9 heteroatoms. The number of aliphatic hydroxyl groups excluding tert-OH is 1. The Morgan fingerprint density at radius 3 is 2.49 bits per heavy atom. The van der Waals surface area contributed by atoms with E-state index >= 15 is 0 Å². The Bertz CT molecular complexity index is 1250. The number of ether oxygens (including phenoxy) is 1. The first-order chi connectivity index (χ1) is 16.7. The van der Waals surface area contributed by atoms with Crippen molar-refractivity contribution < 1.29 is 31.9 Å². The van der Waals surface area contributed by atoms with Gasteiger partial charge in [0.05, 0.1) is 18.1 Å². The molecule has 2 aromatic carbocycles. The zero-order chi connectivity index (χ0) is 25.0. The number of halogens is 1. The quantitative estimate of drug-likeness (QED) is 0.423. The van der Waals surface area contributed by atoms with E-state index in [1.165, 1.54) is 19.1 Å². The van der Waals surface area contributed by atoms with E-state index in [4.69, 9.17) is 9.15 Å². The molecule has 35 heavy (non-hydrogen) atoms. The van der Waals surface area contributed by atoms with Crippen LogP contribution in [0.1, 0.15) is 29.5 Å². The molecule has 4 rings (SSSR count). The number of carbonyl (C=O) groups excluding carboxylic acids is 1. The van der Waals surface area contributed by atoms with E-state index in [0.717, 1.165) is 5.56 Å². The van der Waals surface area contributed by atoms with Crippen molar-refractivity contribution in [1.82, 2.24) is 4.90 Å². The molecule has 1 aliphatic rings. The van der Waals surface area contributed by atoms with E-state index in [-0.39, 0.29) is 42.3 Å². The lowest BCUT2D eigenvalue weighted by Gasteiger charge is -2.29. The first-order valence-electron chi connectivity index (χ1n) is 11.4. The molecule has 1 saturated heterocycles. The van der Waals surface area contributed by atoms with Gasteiger partial charge in [-0.2, -0.15) is 0 Å². The second kappa shape index (κ2) is 10.7. The van der Waals surface area contributed by atoms with Crippen molar-refractivity contribution in [2.24, 2.45) is 0 Å². The molecule has 7 nitrogen and oxygen atoms in total. The number of carbonyl (C=O) groups is 1. The molecule has 0 spiro atoms. The molecule has 186 valence electrons. The Labute approximate surface area is 204 Å². The number of hydrogen-bond donors (Lipinski definition) is 1. The zero-order valence-corrected chi connectivity index (χ0v) is 20.2. The predicted molar refractivity (Wildman–Crippen MR) is 130 cm³/mol. The van der Waals surface area contributed by atoms with Gasteiger partial charge in [0, 0.05) is 23.7 Å². The lowest BCUT2D eigenvalue weighted by Crippen LogP contribution is -2.42. The summed E-state index contributed by atoms with van der Waals surface area (Å²) >= 11 is 0. The van der Waals surface area contributed by atoms with Gasteiger partial charge >= 0.3 is 0 Å². The van der Waals surface area contributed by atoms with E-state index in [1.807, 2.05) is 4.90 Å². The minimum absolute atomic E-state index is 0.00831. The van der Waals surface area contributed by atoms with E-state index < -0.39 is 15.9 Å². The van der Waals surface area contributed by atoms with Gasteiger partial charge in [-0.15, -0.1) is 0 Å². The highest BCUT2D eigenvalue weighted by Gasteiger charge is 2.33. The van der Waals surface area contributed by atoms with Gasteiger partial charge in [-0.1, -0.05) is 0 Å². The molecular weight excluding hydrogens is 473 g/mol. The first kappa shape index (κ1) is 25.1. The number of aliphatic hydroxyl groups is 1. The van der Waals surface area contributed by atoms with Gasteiger partial charge in [0.2, 0.25) is 0 Å². The molecule has 1 aromatic heterocycles. The van der Waals surface area contributed by atoms with Crippen LogP contribution >= 0.6 is 0 Å². The van der Waals surface area contributed by atoms with Crippen molar-refractivity contribution in [1.29, 1.82) is 0 Å². The second-order valence-electron chi connectivity index (χ2n) is 8.80. The predicted octanol–water partition coefficient (Wildman–Crippen LogP) is 3.72. The summed E-state index contributed by atoms with van der Waals surface area (Å²) in [5, 5.41) is 10.7. The Balaban J connectivity index is 1.42. The van der Waals surface area contributed by atoms with Crippen molar-refractivity contribution in [3.05, 3.63) is 77.8 Å². The van der Waals surface area contributed by atoms with Crippen molar-refractivity contribution >= 4 is 15.6 Å². The lowest BCUT2D eigenvalue weighted by atomic mass is 10.1. The van der Waals surface area contributed by atoms with Crippen LogP contribution in [0.5, 0.6) is 5.75 Å². The number of rotatable bonds is 10. The minimum atomic E-state index is -3.13. The third-order valence-electron chi connectivity index (χ3n) is 6.02. The van der Waals surface area contributed by atoms with Gasteiger partial charge in [0.15, 0.2) is 15.6 Å². The molecular formula is C26H28FNO6S. The highest BCUT2D eigenvalue weighted by Crippen LogP contribution is 2.26. The Hall–Kier alpha value is -3.01. The summed E-state index contributed by atoms with van der Waals surface area (Å²) in [6, 6.07) is 16.0. The topological polar surface area (TPSA) is 97.1 Å². The number of sulfone groups is 1. The minimum Gasteiger partial charge on any atom is -0.491 e. The van der Waals surface area contributed by atoms with Gasteiger partial charge in [0.25, 0.3) is 0 Å². The standard InChI is InChI=1S/C26H28FNO6S/c1-18(29)19-4-8-24(9-5-19)33-16-23(30)14-28(22-12-13-35(31,32)17-22)15-25-10-11-26(34-25)20-2-6-21(27)7-3-20/h2-11,22-23,30H,12-17H2,1H3. The average Bonchev–Trinajstić information content (AvgIpc) is 3.44. The Morgan fingerprint density at radius 2 is 1.86 bits per heavy atom. The van der Waals surface area contributed by atoms with Crippen LogP contribution in [-0.4, -0.2) is 61.0 Å².